The number of nitrogens with zero attached hydrogens (tertiary/aromatic N) is 3. The monoisotopic (exact) mass is 417 g/mol. The Kier molecular flexibility index (Phi) is 5.11. The largest absolute Gasteiger partial charge is 0.462 e. The molecule has 30 heavy (non-hydrogen) atoms. The van der Waals surface area contributed by atoms with Crippen molar-refractivity contribution in [3.05, 3.63) is 77.0 Å². The molecule has 4 aromatic rings. The first-order chi connectivity index (χ1) is 14.7. The van der Waals surface area contributed by atoms with Gasteiger partial charge in [-0.05, 0) is 35.4 Å². The molecule has 1 fully saturated rings. The summed E-state index contributed by atoms with van der Waals surface area (Å²) in [5.74, 6) is 0.730. The number of piperazine rings is 1. The van der Waals surface area contributed by atoms with Crippen molar-refractivity contribution in [2.75, 3.05) is 26.2 Å². The van der Waals surface area contributed by atoms with E-state index in [1.165, 1.54) is 27.7 Å². The number of benzene rings is 2. The van der Waals surface area contributed by atoms with Crippen LogP contribution in [0.1, 0.15) is 20.9 Å². The Bertz CT molecular complexity index is 1170. The molecular weight excluding hydrogens is 394 g/mol. The summed E-state index contributed by atoms with van der Waals surface area (Å²) < 4.78 is 5.43. The second kappa shape index (κ2) is 8.05. The van der Waals surface area contributed by atoms with Crippen LogP contribution in [0.15, 0.2) is 65.3 Å². The highest BCUT2D eigenvalue weighted by Gasteiger charge is 2.26. The average molecular weight is 418 g/mol. The molecule has 0 N–H and O–H groups in total. The third kappa shape index (κ3) is 3.64. The maximum absolute atomic E-state index is 13.1. The molecule has 152 valence electrons. The Morgan fingerprint density at radius 3 is 2.63 bits per heavy atom. The van der Waals surface area contributed by atoms with E-state index in [9.17, 15) is 4.79 Å². The normalized spacial score (nSPS) is 15.0. The van der Waals surface area contributed by atoms with Gasteiger partial charge in [-0.2, -0.15) is 0 Å². The predicted octanol–water partition coefficient (Wildman–Crippen LogP) is 4.82. The standard InChI is InChI=1S/C24H23N3O2S/c1-17-22(25-23(30-17)21-10-5-15-29-21)24(28)27-13-11-26(12-14-27)16-19-8-4-7-18-6-2-3-9-20(18)19/h2-10,15H,11-14,16H2,1H3. The first-order valence-electron chi connectivity index (χ1n) is 10.2. The molecule has 2 aromatic carbocycles. The maximum atomic E-state index is 13.1. The van der Waals surface area contributed by atoms with Crippen LogP contribution in [0.5, 0.6) is 0 Å². The number of rotatable bonds is 4. The highest BCUT2D eigenvalue weighted by Crippen LogP contribution is 2.29. The fraction of sp³-hybridized carbons (Fsp3) is 0.250. The molecule has 0 unspecified atom stereocenters. The Hall–Kier alpha value is -2.96. The van der Waals surface area contributed by atoms with E-state index in [2.05, 4.69) is 52.3 Å². The zero-order valence-corrected chi connectivity index (χ0v) is 17.7. The Balaban J connectivity index is 1.25. The van der Waals surface area contributed by atoms with Crippen molar-refractivity contribution < 1.29 is 9.21 Å². The van der Waals surface area contributed by atoms with Gasteiger partial charge in [0.05, 0.1) is 6.26 Å². The lowest BCUT2D eigenvalue weighted by Crippen LogP contribution is -2.48. The van der Waals surface area contributed by atoms with Crippen LogP contribution in [0.3, 0.4) is 0 Å². The lowest BCUT2D eigenvalue weighted by Gasteiger charge is -2.34. The number of hydrogen-bond donors (Lipinski definition) is 0. The third-order valence-corrected chi connectivity index (χ3v) is 6.65. The van der Waals surface area contributed by atoms with Crippen molar-refractivity contribution in [1.82, 2.24) is 14.8 Å². The van der Waals surface area contributed by atoms with Gasteiger partial charge in [-0.25, -0.2) is 4.98 Å². The first-order valence-corrected chi connectivity index (χ1v) is 11.0. The summed E-state index contributed by atoms with van der Waals surface area (Å²) >= 11 is 1.51. The zero-order chi connectivity index (χ0) is 20.5. The zero-order valence-electron chi connectivity index (χ0n) is 16.9. The van der Waals surface area contributed by atoms with Gasteiger partial charge in [0.25, 0.3) is 5.91 Å². The number of fused-ring (bicyclic) bond motifs is 1. The highest BCUT2D eigenvalue weighted by atomic mass is 32.1. The number of carbonyl (C=O) groups excluding carboxylic acids is 1. The second-order valence-electron chi connectivity index (χ2n) is 7.61. The summed E-state index contributed by atoms with van der Waals surface area (Å²) in [4.78, 5) is 22.9. The van der Waals surface area contributed by atoms with E-state index in [-0.39, 0.29) is 5.91 Å². The molecule has 0 spiro atoms. The molecule has 1 saturated heterocycles. The molecule has 0 bridgehead atoms. The number of amides is 1. The average Bonchev–Trinajstić information content (AvgIpc) is 3.44. The molecule has 0 saturated carbocycles. The van der Waals surface area contributed by atoms with Gasteiger partial charge in [-0.1, -0.05) is 42.5 Å². The molecule has 6 heteroatoms. The summed E-state index contributed by atoms with van der Waals surface area (Å²) in [5.41, 5.74) is 1.89. The van der Waals surface area contributed by atoms with Crippen LogP contribution >= 0.6 is 11.3 Å². The van der Waals surface area contributed by atoms with E-state index in [0.29, 0.717) is 11.5 Å². The molecule has 1 amide bonds. The first kappa shape index (κ1) is 19.0. The molecule has 0 aliphatic carbocycles. The smallest absolute Gasteiger partial charge is 0.273 e. The topological polar surface area (TPSA) is 49.6 Å². The quantitative estimate of drug-likeness (QED) is 0.478. The molecule has 0 radical (unpaired) electrons. The van der Waals surface area contributed by atoms with Gasteiger partial charge >= 0.3 is 0 Å². The number of thiazole rings is 1. The molecule has 1 aliphatic rings. The van der Waals surface area contributed by atoms with Crippen LogP contribution in [0, 0.1) is 6.92 Å². The molecular formula is C24H23N3O2S. The van der Waals surface area contributed by atoms with E-state index in [1.807, 2.05) is 24.0 Å². The molecule has 0 atom stereocenters. The molecule has 5 rings (SSSR count). The van der Waals surface area contributed by atoms with Crippen LogP contribution in [-0.4, -0.2) is 46.9 Å². The van der Waals surface area contributed by atoms with Gasteiger partial charge in [0.15, 0.2) is 10.8 Å². The molecule has 2 aromatic heterocycles. The van der Waals surface area contributed by atoms with Crippen LogP contribution in [0.2, 0.25) is 0 Å². The maximum Gasteiger partial charge on any atom is 0.273 e. The number of aryl methyl sites for hydroxylation is 1. The van der Waals surface area contributed by atoms with Crippen LogP contribution < -0.4 is 0 Å². The Morgan fingerprint density at radius 2 is 1.83 bits per heavy atom. The molecule has 5 nitrogen and oxygen atoms in total. The van der Waals surface area contributed by atoms with Crippen molar-refractivity contribution in [1.29, 1.82) is 0 Å². The SMILES string of the molecule is Cc1sc(-c2ccco2)nc1C(=O)N1CCN(Cc2cccc3ccccc23)CC1. The van der Waals surface area contributed by atoms with Gasteiger partial charge < -0.3 is 9.32 Å². The summed E-state index contributed by atoms with van der Waals surface area (Å²) in [6.07, 6.45) is 1.63. The van der Waals surface area contributed by atoms with E-state index in [1.54, 1.807) is 6.26 Å². The summed E-state index contributed by atoms with van der Waals surface area (Å²) in [6.45, 7) is 6.02. The van der Waals surface area contributed by atoms with Crippen molar-refractivity contribution in [2.24, 2.45) is 0 Å². The van der Waals surface area contributed by atoms with Crippen molar-refractivity contribution in [3.8, 4) is 10.8 Å². The van der Waals surface area contributed by atoms with Gasteiger partial charge in [-0.3, -0.25) is 9.69 Å². The predicted molar refractivity (Wildman–Crippen MR) is 120 cm³/mol. The minimum atomic E-state index is 0.0198. The van der Waals surface area contributed by atoms with Crippen LogP contribution in [-0.2, 0) is 6.54 Å². The van der Waals surface area contributed by atoms with Crippen molar-refractivity contribution in [3.63, 3.8) is 0 Å². The molecule has 1 aliphatic heterocycles. The van der Waals surface area contributed by atoms with Gasteiger partial charge in [0.1, 0.15) is 5.69 Å². The number of hydrogen-bond acceptors (Lipinski definition) is 5. The fourth-order valence-corrected chi connectivity index (χ4v) is 4.90. The Labute approximate surface area is 179 Å². The van der Waals surface area contributed by atoms with Gasteiger partial charge in [0, 0.05) is 37.6 Å². The highest BCUT2D eigenvalue weighted by molar-refractivity contribution is 7.15. The van der Waals surface area contributed by atoms with E-state index < -0.39 is 0 Å². The minimum absolute atomic E-state index is 0.0198. The third-order valence-electron chi connectivity index (χ3n) is 5.66. The van der Waals surface area contributed by atoms with E-state index >= 15 is 0 Å². The van der Waals surface area contributed by atoms with Crippen LogP contribution in [0.25, 0.3) is 21.5 Å². The minimum Gasteiger partial charge on any atom is -0.462 e. The van der Waals surface area contributed by atoms with E-state index in [0.717, 1.165) is 42.6 Å². The number of furan rings is 1. The summed E-state index contributed by atoms with van der Waals surface area (Å²) in [5, 5.41) is 3.34. The van der Waals surface area contributed by atoms with Crippen molar-refractivity contribution >= 4 is 28.0 Å². The fourth-order valence-electron chi connectivity index (χ4n) is 4.03. The Morgan fingerprint density at radius 1 is 1.03 bits per heavy atom. The van der Waals surface area contributed by atoms with E-state index in [4.69, 9.17) is 4.42 Å². The second-order valence-corrected chi connectivity index (χ2v) is 8.81. The van der Waals surface area contributed by atoms with Crippen LogP contribution in [0.4, 0.5) is 0 Å². The summed E-state index contributed by atoms with van der Waals surface area (Å²) in [7, 11) is 0. The van der Waals surface area contributed by atoms with Gasteiger partial charge in [0.2, 0.25) is 0 Å². The van der Waals surface area contributed by atoms with Gasteiger partial charge in [-0.15, -0.1) is 11.3 Å². The lowest BCUT2D eigenvalue weighted by atomic mass is 10.0. The number of carbonyl (C=O) groups is 1. The summed E-state index contributed by atoms with van der Waals surface area (Å²) in [6, 6.07) is 18.7. The number of aromatic nitrogens is 1. The molecule has 3 heterocycles. The lowest BCUT2D eigenvalue weighted by molar-refractivity contribution is 0.0623. The van der Waals surface area contributed by atoms with Crippen molar-refractivity contribution in [2.45, 2.75) is 13.5 Å².